The third-order valence-corrected chi connectivity index (χ3v) is 3.00. The highest BCUT2D eigenvalue weighted by atomic mass is 35.5. The zero-order chi connectivity index (χ0) is 13.8. The topological polar surface area (TPSA) is 59.2 Å². The number of benzene rings is 1. The first-order valence-corrected chi connectivity index (χ1v) is 6.12. The Morgan fingerprint density at radius 2 is 2.05 bits per heavy atom. The summed E-state index contributed by atoms with van der Waals surface area (Å²) in [7, 11) is 0. The molecule has 0 unspecified atom stereocenters. The van der Waals surface area contributed by atoms with Gasteiger partial charge in [-0.1, -0.05) is 29.3 Å². The molecule has 2 rings (SSSR count). The van der Waals surface area contributed by atoms with Gasteiger partial charge in [0.2, 0.25) is 0 Å². The molecular weight excluding hydrogens is 289 g/mol. The molecule has 1 aromatic carbocycles. The number of hydrogen-bond acceptors (Lipinski definition) is 3. The van der Waals surface area contributed by atoms with Crippen LogP contribution in [0.3, 0.4) is 0 Å². The van der Waals surface area contributed by atoms with E-state index >= 15 is 0 Å². The molecule has 0 aliphatic heterocycles. The van der Waals surface area contributed by atoms with Crippen LogP contribution in [0.2, 0.25) is 10.0 Å². The second-order valence-corrected chi connectivity index (χ2v) is 4.57. The fraction of sp³-hybridized carbons (Fsp3) is 0.0769. The first kappa shape index (κ1) is 13.6. The Kier molecular flexibility index (Phi) is 4.24. The molecule has 0 amide bonds. The largest absolute Gasteiger partial charge is 0.457 e. The van der Waals surface area contributed by atoms with Crippen molar-refractivity contribution in [3.8, 4) is 0 Å². The van der Waals surface area contributed by atoms with Gasteiger partial charge < -0.3 is 9.72 Å². The van der Waals surface area contributed by atoms with Gasteiger partial charge in [0.05, 0.1) is 0 Å². The van der Waals surface area contributed by atoms with E-state index in [-0.39, 0.29) is 12.2 Å². The van der Waals surface area contributed by atoms with Crippen molar-refractivity contribution in [2.75, 3.05) is 0 Å². The average Bonchev–Trinajstić information content (AvgIpc) is 2.38. The lowest BCUT2D eigenvalue weighted by Gasteiger charge is -2.06. The van der Waals surface area contributed by atoms with Crippen molar-refractivity contribution in [2.45, 2.75) is 6.61 Å². The SMILES string of the molecule is O=C(OCc1ccc(Cl)cc1Cl)c1ccc[nH]c1=O. The zero-order valence-corrected chi connectivity index (χ0v) is 11.2. The monoisotopic (exact) mass is 297 g/mol. The molecule has 1 N–H and O–H groups in total. The van der Waals surface area contributed by atoms with Crippen molar-refractivity contribution in [2.24, 2.45) is 0 Å². The minimum Gasteiger partial charge on any atom is -0.457 e. The number of pyridine rings is 1. The number of carbonyl (C=O) groups excluding carboxylic acids is 1. The lowest BCUT2D eigenvalue weighted by Crippen LogP contribution is -2.18. The maximum atomic E-state index is 11.7. The minimum absolute atomic E-state index is 0.0246. The van der Waals surface area contributed by atoms with E-state index < -0.39 is 11.5 Å². The summed E-state index contributed by atoms with van der Waals surface area (Å²) in [6, 6.07) is 7.80. The van der Waals surface area contributed by atoms with Crippen molar-refractivity contribution in [3.05, 3.63) is 68.1 Å². The Hall–Kier alpha value is -1.78. The van der Waals surface area contributed by atoms with E-state index in [2.05, 4.69) is 4.98 Å². The highest BCUT2D eigenvalue weighted by molar-refractivity contribution is 6.35. The van der Waals surface area contributed by atoms with Crippen LogP contribution in [-0.4, -0.2) is 11.0 Å². The summed E-state index contributed by atoms with van der Waals surface area (Å²) in [6.07, 6.45) is 1.44. The normalized spacial score (nSPS) is 10.2. The molecule has 0 aliphatic rings. The molecule has 0 bridgehead atoms. The molecule has 2 aromatic rings. The molecule has 4 nitrogen and oxygen atoms in total. The van der Waals surface area contributed by atoms with Gasteiger partial charge in [0, 0.05) is 21.8 Å². The molecule has 0 radical (unpaired) electrons. The molecule has 19 heavy (non-hydrogen) atoms. The number of aromatic amines is 1. The first-order chi connectivity index (χ1) is 9.08. The Balaban J connectivity index is 2.09. The van der Waals surface area contributed by atoms with Crippen LogP contribution in [0.25, 0.3) is 0 Å². The van der Waals surface area contributed by atoms with Crippen LogP contribution in [0.4, 0.5) is 0 Å². The molecular formula is C13H9Cl2NO3. The Morgan fingerprint density at radius 1 is 1.26 bits per heavy atom. The Morgan fingerprint density at radius 3 is 2.74 bits per heavy atom. The van der Waals surface area contributed by atoms with E-state index in [9.17, 15) is 9.59 Å². The zero-order valence-electron chi connectivity index (χ0n) is 9.65. The highest BCUT2D eigenvalue weighted by Crippen LogP contribution is 2.21. The molecule has 0 saturated heterocycles. The summed E-state index contributed by atoms with van der Waals surface area (Å²) in [5.74, 6) is -0.701. The number of rotatable bonds is 3. The van der Waals surface area contributed by atoms with Crippen LogP contribution in [0.15, 0.2) is 41.3 Å². The number of H-pyrrole nitrogens is 1. The van der Waals surface area contributed by atoms with Crippen molar-refractivity contribution < 1.29 is 9.53 Å². The number of nitrogens with one attached hydrogen (secondary N) is 1. The predicted molar refractivity (Wildman–Crippen MR) is 72.6 cm³/mol. The summed E-state index contributed by atoms with van der Waals surface area (Å²) in [6.45, 7) is -0.0246. The molecule has 98 valence electrons. The lowest BCUT2D eigenvalue weighted by atomic mass is 10.2. The molecule has 6 heteroatoms. The lowest BCUT2D eigenvalue weighted by molar-refractivity contribution is 0.0471. The van der Waals surface area contributed by atoms with Crippen LogP contribution in [0, 0.1) is 0 Å². The molecule has 0 saturated carbocycles. The maximum absolute atomic E-state index is 11.7. The molecule has 0 atom stereocenters. The van der Waals surface area contributed by atoms with Crippen molar-refractivity contribution >= 4 is 29.2 Å². The number of esters is 1. The first-order valence-electron chi connectivity index (χ1n) is 5.36. The van der Waals surface area contributed by atoms with Crippen LogP contribution in [0.5, 0.6) is 0 Å². The summed E-state index contributed by atoms with van der Waals surface area (Å²) in [5.41, 5.74) is 0.0778. The maximum Gasteiger partial charge on any atom is 0.344 e. The molecule has 1 aromatic heterocycles. The van der Waals surface area contributed by atoms with Crippen molar-refractivity contribution in [1.82, 2.24) is 4.98 Å². The highest BCUT2D eigenvalue weighted by Gasteiger charge is 2.12. The van der Waals surface area contributed by atoms with Gasteiger partial charge >= 0.3 is 5.97 Å². The van der Waals surface area contributed by atoms with E-state index in [4.69, 9.17) is 27.9 Å². The van der Waals surface area contributed by atoms with Gasteiger partial charge in [-0.3, -0.25) is 4.79 Å². The second kappa shape index (κ2) is 5.91. The molecule has 0 spiro atoms. The number of halogens is 2. The van der Waals surface area contributed by atoms with Gasteiger partial charge in [0.1, 0.15) is 12.2 Å². The van der Waals surface area contributed by atoms with Gasteiger partial charge in [-0.05, 0) is 24.3 Å². The number of carbonyl (C=O) groups is 1. The van der Waals surface area contributed by atoms with E-state index in [1.165, 1.54) is 12.3 Å². The standard InChI is InChI=1S/C13H9Cl2NO3/c14-9-4-3-8(11(15)6-9)7-19-13(18)10-2-1-5-16-12(10)17/h1-6H,7H2,(H,16,17). The predicted octanol–water partition coefficient (Wildman–Crippen LogP) is 3.04. The van der Waals surface area contributed by atoms with Crippen LogP contribution < -0.4 is 5.56 Å². The molecule has 0 fully saturated rings. The fourth-order valence-electron chi connectivity index (χ4n) is 1.44. The van der Waals surface area contributed by atoms with E-state index in [0.717, 1.165) is 0 Å². The van der Waals surface area contributed by atoms with Gasteiger partial charge in [0.25, 0.3) is 5.56 Å². The van der Waals surface area contributed by atoms with Gasteiger partial charge in [-0.2, -0.15) is 0 Å². The van der Waals surface area contributed by atoms with E-state index in [1.54, 1.807) is 24.3 Å². The van der Waals surface area contributed by atoms with Crippen LogP contribution >= 0.6 is 23.2 Å². The third kappa shape index (κ3) is 3.36. The smallest absolute Gasteiger partial charge is 0.344 e. The molecule has 0 aliphatic carbocycles. The second-order valence-electron chi connectivity index (χ2n) is 3.72. The van der Waals surface area contributed by atoms with Crippen LogP contribution in [-0.2, 0) is 11.3 Å². The molecule has 1 heterocycles. The van der Waals surface area contributed by atoms with Crippen LogP contribution in [0.1, 0.15) is 15.9 Å². The third-order valence-electron chi connectivity index (χ3n) is 2.41. The number of aromatic nitrogens is 1. The summed E-state index contributed by atoms with van der Waals surface area (Å²) >= 11 is 11.7. The summed E-state index contributed by atoms with van der Waals surface area (Å²) in [4.78, 5) is 25.5. The van der Waals surface area contributed by atoms with Crippen molar-refractivity contribution in [1.29, 1.82) is 0 Å². The van der Waals surface area contributed by atoms with Gasteiger partial charge in [-0.25, -0.2) is 4.79 Å². The summed E-state index contributed by atoms with van der Waals surface area (Å²) < 4.78 is 5.03. The van der Waals surface area contributed by atoms with Gasteiger partial charge in [-0.15, -0.1) is 0 Å². The van der Waals surface area contributed by atoms with E-state index in [1.807, 2.05) is 0 Å². The fourth-order valence-corrected chi connectivity index (χ4v) is 1.91. The number of hydrogen-bond donors (Lipinski definition) is 1. The van der Waals surface area contributed by atoms with Gasteiger partial charge in [0.15, 0.2) is 0 Å². The Bertz CT molecular complexity index is 667. The average molecular weight is 298 g/mol. The van der Waals surface area contributed by atoms with Crippen molar-refractivity contribution in [3.63, 3.8) is 0 Å². The Labute approximate surface area is 118 Å². The minimum atomic E-state index is -0.701. The number of ether oxygens (including phenoxy) is 1. The van der Waals surface area contributed by atoms with E-state index in [0.29, 0.717) is 15.6 Å². The summed E-state index contributed by atoms with van der Waals surface area (Å²) in [5, 5.41) is 0.904. The quantitative estimate of drug-likeness (QED) is 0.886.